The van der Waals surface area contributed by atoms with Crippen LogP contribution in [0.15, 0.2) is 24.4 Å². The van der Waals surface area contributed by atoms with Crippen molar-refractivity contribution in [1.82, 2.24) is 55.7 Å². The van der Waals surface area contributed by atoms with Crippen molar-refractivity contribution >= 4 is 70.9 Å². The molecular formula is C68H118N12O14. The smallest absolute Gasteiger partial charge is 0.329 e. The summed E-state index contributed by atoms with van der Waals surface area (Å²) in [6, 6.07) is -7.03. The highest BCUT2D eigenvalue weighted by Crippen LogP contribution is 2.25. The maximum absolute atomic E-state index is 15.4. The first kappa shape index (κ1) is 83.1. The van der Waals surface area contributed by atoms with Crippen molar-refractivity contribution in [3.8, 4) is 0 Å². The first-order valence-electron chi connectivity index (χ1n) is 33.5. The van der Waals surface area contributed by atoms with E-state index in [1.807, 2.05) is 80.2 Å². The molecule has 0 aliphatic carbocycles. The molecule has 2 rings (SSSR count). The number of carbonyl (C=O) groups excluding carboxylic acids is 11. The van der Waals surface area contributed by atoms with Gasteiger partial charge in [-0.25, -0.2) is 9.78 Å². The second kappa shape index (κ2) is 38.0. The van der Waals surface area contributed by atoms with Gasteiger partial charge in [-0.1, -0.05) is 110 Å². The van der Waals surface area contributed by atoms with Crippen molar-refractivity contribution < 1.29 is 67.7 Å². The maximum Gasteiger partial charge on any atom is 0.329 e. The van der Waals surface area contributed by atoms with Crippen LogP contribution in [0.2, 0.25) is 0 Å². The molecule has 0 saturated carbocycles. The molecule has 26 nitrogen and oxygen atoms in total. The summed E-state index contributed by atoms with van der Waals surface area (Å²) in [6.45, 7) is 29.0. The molecule has 0 bridgehead atoms. The van der Waals surface area contributed by atoms with Crippen LogP contribution in [0.1, 0.15) is 156 Å². The number of nitrogens with zero attached hydrogens (tertiary/aromatic N) is 8. The van der Waals surface area contributed by atoms with Gasteiger partial charge in [0.15, 0.2) is 6.10 Å². The van der Waals surface area contributed by atoms with Gasteiger partial charge in [0.2, 0.25) is 53.2 Å². The number of aliphatic hydroxyl groups excluding tert-OH is 2. The second-order valence-electron chi connectivity index (χ2n) is 28.9. The quantitative estimate of drug-likeness (QED) is 0.108. The first-order valence-corrected chi connectivity index (χ1v) is 33.5. The molecule has 1 aliphatic rings. The number of aliphatic hydroxyl groups is 2. The standard InChI is InChI=1S/C68H118N12O14/c1-37(2)31-47-63(88)77(21)50(34-40(7)8)59(84)70-45(16)68(93)94-58(43(13)14)67(92)78(22)51(35-41(9)10)61(86)72-48(32-38(3)4)64(89)79(23)55(42(11)12)66(91)80(24)56(57(83)44(15)28-30-74(18)52-27-25-26-29-69-52)62(87)73-54(46(17)81)65(90)75(19)36-53(82)76(20)49(33-39(5)6)60(85)71-47/h25-27,29,37-51,54-58,81,83H,28,30-36H2,1-24H3,(H,70,84)(H,71,85)(H,72,86)(H,73,87)/t44-,45-,46-,47-,48-,49+,50-,51-,54-,55-,56-,57-,58+/m1/s1. The zero-order valence-corrected chi connectivity index (χ0v) is 60.9. The zero-order valence-electron chi connectivity index (χ0n) is 60.9. The number of hydrogen-bond acceptors (Lipinski definition) is 16. The Labute approximate surface area is 560 Å². The molecule has 10 amide bonds. The maximum atomic E-state index is 15.4. The van der Waals surface area contributed by atoms with Crippen LogP contribution in [0.3, 0.4) is 0 Å². The van der Waals surface area contributed by atoms with Gasteiger partial charge in [0, 0.05) is 62.1 Å². The van der Waals surface area contributed by atoms with Gasteiger partial charge in [0.25, 0.3) is 5.91 Å². The number of esters is 1. The molecule has 1 fully saturated rings. The van der Waals surface area contributed by atoms with E-state index in [9.17, 15) is 48.6 Å². The summed E-state index contributed by atoms with van der Waals surface area (Å²) in [5, 5.41) is 34.8. The number of amides is 10. The highest BCUT2D eigenvalue weighted by Gasteiger charge is 2.46. The normalized spacial score (nSPS) is 25.6. The predicted octanol–water partition coefficient (Wildman–Crippen LogP) is 3.31. The Hall–Kier alpha value is -6.96. The molecule has 6 N–H and O–H groups in total. The summed E-state index contributed by atoms with van der Waals surface area (Å²) in [7, 11) is 9.93. The number of cyclic esters (lactones) is 1. The third-order valence-corrected chi connectivity index (χ3v) is 17.3. The summed E-state index contributed by atoms with van der Waals surface area (Å²) in [5.74, 6) is -11.2. The van der Waals surface area contributed by atoms with Gasteiger partial charge in [-0.05, 0) is 112 Å². The van der Waals surface area contributed by atoms with Crippen molar-refractivity contribution in [2.24, 2.45) is 47.3 Å². The fourth-order valence-corrected chi connectivity index (χ4v) is 11.6. The van der Waals surface area contributed by atoms with E-state index in [-0.39, 0.29) is 68.1 Å². The molecule has 0 spiro atoms. The monoisotopic (exact) mass is 1330 g/mol. The summed E-state index contributed by atoms with van der Waals surface area (Å²) in [4.78, 5) is 175. The highest BCUT2D eigenvalue weighted by molar-refractivity contribution is 5.99. The van der Waals surface area contributed by atoms with Gasteiger partial charge in [0.1, 0.15) is 60.2 Å². The van der Waals surface area contributed by atoms with E-state index in [1.54, 1.807) is 60.0 Å². The molecule has 1 aromatic heterocycles. The average molecular weight is 1330 g/mol. The molecule has 1 aliphatic heterocycles. The summed E-state index contributed by atoms with van der Waals surface area (Å²) in [5.41, 5.74) is 0. The minimum absolute atomic E-state index is 0.0685. The first-order chi connectivity index (χ1) is 43.5. The van der Waals surface area contributed by atoms with E-state index >= 15 is 14.4 Å². The molecule has 534 valence electrons. The zero-order chi connectivity index (χ0) is 72.2. The lowest BCUT2D eigenvalue weighted by atomic mass is 9.91. The van der Waals surface area contributed by atoms with Gasteiger partial charge >= 0.3 is 5.97 Å². The van der Waals surface area contributed by atoms with Crippen molar-refractivity contribution in [3.05, 3.63) is 24.4 Å². The number of aromatic nitrogens is 1. The van der Waals surface area contributed by atoms with Crippen LogP contribution < -0.4 is 26.2 Å². The van der Waals surface area contributed by atoms with Crippen molar-refractivity contribution in [1.29, 1.82) is 0 Å². The fraction of sp³-hybridized carbons (Fsp3) is 0.765. The molecule has 1 saturated heterocycles. The van der Waals surface area contributed by atoms with E-state index in [1.165, 1.54) is 70.8 Å². The lowest BCUT2D eigenvalue weighted by molar-refractivity contribution is -0.166. The number of anilines is 1. The van der Waals surface area contributed by atoms with Gasteiger partial charge < -0.3 is 70.5 Å². The minimum atomic E-state index is -1.79. The second-order valence-corrected chi connectivity index (χ2v) is 28.9. The molecule has 13 atom stereocenters. The summed E-state index contributed by atoms with van der Waals surface area (Å²) >= 11 is 0. The van der Waals surface area contributed by atoms with Crippen molar-refractivity contribution in [3.63, 3.8) is 0 Å². The number of likely N-dealkylation sites (N-methyl/N-ethyl adjacent to an activating group) is 6. The Morgan fingerprint density at radius 2 is 0.957 bits per heavy atom. The molecule has 26 heteroatoms. The van der Waals surface area contributed by atoms with E-state index in [0.717, 1.165) is 14.7 Å². The van der Waals surface area contributed by atoms with Crippen LogP contribution >= 0.6 is 0 Å². The van der Waals surface area contributed by atoms with Crippen molar-refractivity contribution in [2.75, 3.05) is 67.3 Å². The van der Waals surface area contributed by atoms with Gasteiger partial charge in [-0.15, -0.1) is 0 Å². The lowest BCUT2D eigenvalue weighted by Crippen LogP contribution is -2.64. The Morgan fingerprint density at radius 3 is 1.38 bits per heavy atom. The Morgan fingerprint density at radius 1 is 0.521 bits per heavy atom. The van der Waals surface area contributed by atoms with Crippen molar-refractivity contribution in [2.45, 2.75) is 229 Å². The number of ether oxygens (including phenoxy) is 1. The van der Waals surface area contributed by atoms with E-state index in [4.69, 9.17) is 4.74 Å². The molecule has 94 heavy (non-hydrogen) atoms. The number of carbonyl (C=O) groups is 11. The van der Waals surface area contributed by atoms with Crippen LogP contribution in [0.25, 0.3) is 0 Å². The van der Waals surface area contributed by atoms with Gasteiger partial charge in [0.05, 0.1) is 18.8 Å². The topological polar surface area (TPSA) is 321 Å². The van der Waals surface area contributed by atoms with Gasteiger partial charge in [-0.2, -0.15) is 0 Å². The Kier molecular flexibility index (Phi) is 33.6. The molecule has 0 radical (unpaired) electrons. The molecule has 0 aromatic carbocycles. The molecule has 2 heterocycles. The van der Waals surface area contributed by atoms with Crippen LogP contribution in [-0.4, -0.2) is 245 Å². The fourth-order valence-electron chi connectivity index (χ4n) is 11.6. The van der Waals surface area contributed by atoms with E-state index in [2.05, 4.69) is 26.3 Å². The highest BCUT2D eigenvalue weighted by atomic mass is 16.6. The summed E-state index contributed by atoms with van der Waals surface area (Å²) < 4.78 is 5.91. The van der Waals surface area contributed by atoms with Crippen LogP contribution in [-0.2, 0) is 57.5 Å². The Balaban J connectivity index is 3.04. The molecular weight excluding hydrogens is 1210 g/mol. The van der Waals surface area contributed by atoms with E-state index in [0.29, 0.717) is 12.4 Å². The SMILES string of the molecule is CC(C)C[C@@H]1C(=O)N[C@H](CC(C)C)C(=O)N(C)[C@H](C(C)C)C(=O)N(C)[C@H]([C@H](O)[C@H](C)CCN(C)c2ccccn2)C(=O)N[C@H]([C@@H](C)O)C(=O)N(C)CC(=O)N(C)[C@@H](CC(C)C)C(=O)N[C@H](CC(C)C)C(=O)N(C)[C@H](CC(C)C)C(=O)N[C@H](C)C(=O)O[C@@H](C(C)C)C(=O)N1C. The third kappa shape index (κ3) is 24.0. The third-order valence-electron chi connectivity index (χ3n) is 17.3. The summed E-state index contributed by atoms with van der Waals surface area (Å²) in [6.07, 6.45) is -2.39. The van der Waals surface area contributed by atoms with Crippen LogP contribution in [0, 0.1) is 47.3 Å². The number of hydrogen-bond donors (Lipinski definition) is 6. The molecule has 1 aromatic rings. The number of nitrogens with one attached hydrogen (secondary N) is 4. The largest absolute Gasteiger partial charge is 0.450 e. The van der Waals surface area contributed by atoms with Crippen LogP contribution in [0.4, 0.5) is 5.82 Å². The lowest BCUT2D eigenvalue weighted by Gasteiger charge is -2.40. The molecule has 0 unspecified atom stereocenters. The minimum Gasteiger partial charge on any atom is -0.450 e. The number of pyridine rings is 1. The average Bonchev–Trinajstić information content (AvgIpc) is 0.812. The van der Waals surface area contributed by atoms with E-state index < -0.39 is 162 Å². The Bertz CT molecular complexity index is 2690. The van der Waals surface area contributed by atoms with Crippen LogP contribution in [0.5, 0.6) is 0 Å². The number of rotatable bonds is 19. The van der Waals surface area contributed by atoms with Gasteiger partial charge in [-0.3, -0.25) is 47.9 Å². The predicted molar refractivity (Wildman–Crippen MR) is 360 cm³/mol.